The Bertz CT molecular complexity index is 1290. The number of anilines is 2. The van der Waals surface area contributed by atoms with E-state index in [1.807, 2.05) is 6.07 Å². The summed E-state index contributed by atoms with van der Waals surface area (Å²) in [5.41, 5.74) is 3.45. The van der Waals surface area contributed by atoms with E-state index in [-0.39, 0.29) is 29.3 Å². The molecule has 0 radical (unpaired) electrons. The Labute approximate surface area is 203 Å². The van der Waals surface area contributed by atoms with Gasteiger partial charge in [-0.25, -0.2) is 14.2 Å². The molecule has 2 aromatic carbocycles. The molecule has 0 bridgehead atoms. The maximum Gasteiger partial charge on any atom is 0.322 e. The molecule has 0 saturated carbocycles. The number of aromatic hydroxyl groups is 1. The van der Waals surface area contributed by atoms with Gasteiger partial charge in [0.1, 0.15) is 17.4 Å². The summed E-state index contributed by atoms with van der Waals surface area (Å²) >= 11 is 0. The number of piperidine rings is 1. The molecule has 5 rings (SSSR count). The van der Waals surface area contributed by atoms with Gasteiger partial charge in [0.25, 0.3) is 0 Å². The van der Waals surface area contributed by atoms with Gasteiger partial charge in [-0.05, 0) is 73.7 Å². The van der Waals surface area contributed by atoms with Crippen LogP contribution in [0.5, 0.6) is 5.75 Å². The van der Waals surface area contributed by atoms with E-state index in [2.05, 4.69) is 15.2 Å². The van der Waals surface area contributed by atoms with Crippen molar-refractivity contribution in [3.63, 3.8) is 0 Å². The van der Waals surface area contributed by atoms with Crippen LogP contribution >= 0.6 is 0 Å². The Morgan fingerprint density at radius 2 is 1.80 bits per heavy atom. The molecular weight excluding hydrogens is 447 g/mol. The smallest absolute Gasteiger partial charge is 0.322 e. The van der Waals surface area contributed by atoms with Crippen LogP contribution in [0, 0.1) is 19.7 Å². The van der Waals surface area contributed by atoms with Gasteiger partial charge in [-0.3, -0.25) is 4.79 Å². The van der Waals surface area contributed by atoms with Gasteiger partial charge in [-0.2, -0.15) is 0 Å². The lowest BCUT2D eigenvalue weighted by molar-refractivity contribution is 0.103. The number of halogens is 1. The Balaban J connectivity index is 1.28. The quantitative estimate of drug-likeness (QED) is 0.531. The molecule has 0 aliphatic carbocycles. The third kappa shape index (κ3) is 4.32. The number of nitrogens with zero attached hydrogens (tertiary/aromatic N) is 3. The number of carbonyl (C=O) groups is 2. The molecule has 0 spiro atoms. The van der Waals surface area contributed by atoms with Crippen molar-refractivity contribution in [3.8, 4) is 5.75 Å². The minimum Gasteiger partial charge on any atom is -0.507 e. The standard InChI is InChI=1S/C27H27FN4O3/c1-16-12-20(13-17(2)25(16)33)26(34)18-6-9-29-23(14-18)31-10-7-21(8-11-31)32-15-19-4-3-5-22(28)24(19)30-27(32)35/h3-6,9,12-14,21,33H,7-8,10-11,15H2,1-2H3,(H,30,35). The van der Waals surface area contributed by atoms with Crippen molar-refractivity contribution in [2.45, 2.75) is 39.3 Å². The Morgan fingerprint density at radius 3 is 2.51 bits per heavy atom. The van der Waals surface area contributed by atoms with E-state index >= 15 is 0 Å². The Morgan fingerprint density at radius 1 is 1.09 bits per heavy atom. The number of ketones is 1. The SMILES string of the molecule is Cc1cc(C(=O)c2ccnc(N3CCC(N4Cc5cccc(F)c5NC4=O)CC3)c2)cc(C)c1O. The number of phenolic OH excluding ortho intramolecular Hbond substituents is 1. The molecule has 1 fully saturated rings. The highest BCUT2D eigenvalue weighted by Gasteiger charge is 2.33. The van der Waals surface area contributed by atoms with Crippen molar-refractivity contribution in [2.75, 3.05) is 23.3 Å². The van der Waals surface area contributed by atoms with E-state index in [4.69, 9.17) is 0 Å². The number of benzene rings is 2. The lowest BCUT2D eigenvalue weighted by Crippen LogP contribution is -2.50. The minimum atomic E-state index is -0.413. The summed E-state index contributed by atoms with van der Waals surface area (Å²) in [4.78, 5) is 34.1. The second-order valence-electron chi connectivity index (χ2n) is 9.24. The lowest BCUT2D eigenvalue weighted by Gasteiger charge is -2.41. The highest BCUT2D eigenvalue weighted by molar-refractivity contribution is 6.09. The van der Waals surface area contributed by atoms with E-state index in [1.165, 1.54) is 6.07 Å². The molecule has 2 amide bonds. The van der Waals surface area contributed by atoms with Gasteiger partial charge in [0.15, 0.2) is 5.78 Å². The number of carbonyl (C=O) groups excluding carboxylic acids is 2. The molecule has 35 heavy (non-hydrogen) atoms. The van der Waals surface area contributed by atoms with Crippen LogP contribution in [0.4, 0.5) is 20.7 Å². The predicted molar refractivity (Wildman–Crippen MR) is 131 cm³/mol. The number of para-hydroxylation sites is 1. The van der Waals surface area contributed by atoms with Crippen molar-refractivity contribution in [1.82, 2.24) is 9.88 Å². The number of phenols is 1. The van der Waals surface area contributed by atoms with Gasteiger partial charge in [0.05, 0.1) is 5.69 Å². The van der Waals surface area contributed by atoms with E-state index in [0.717, 1.165) is 24.2 Å². The maximum absolute atomic E-state index is 14.0. The first-order chi connectivity index (χ1) is 16.8. The van der Waals surface area contributed by atoms with Gasteiger partial charge in [-0.1, -0.05) is 12.1 Å². The maximum atomic E-state index is 14.0. The zero-order valence-corrected chi connectivity index (χ0v) is 19.7. The molecule has 0 atom stereocenters. The molecule has 2 aliphatic heterocycles. The van der Waals surface area contributed by atoms with Crippen molar-refractivity contribution < 1.29 is 19.1 Å². The molecule has 7 nitrogen and oxygen atoms in total. The highest BCUT2D eigenvalue weighted by Crippen LogP contribution is 2.31. The number of urea groups is 1. The van der Waals surface area contributed by atoms with Crippen molar-refractivity contribution in [1.29, 1.82) is 0 Å². The van der Waals surface area contributed by atoms with Crippen LogP contribution < -0.4 is 10.2 Å². The number of aryl methyl sites for hydroxylation is 2. The zero-order chi connectivity index (χ0) is 24.7. The third-order valence-corrected chi connectivity index (χ3v) is 6.92. The number of pyridine rings is 1. The third-order valence-electron chi connectivity index (χ3n) is 6.92. The number of rotatable bonds is 4. The first-order valence-corrected chi connectivity index (χ1v) is 11.7. The molecule has 0 unspecified atom stereocenters. The average molecular weight is 475 g/mol. The number of nitrogens with one attached hydrogen (secondary N) is 1. The van der Waals surface area contributed by atoms with Crippen molar-refractivity contribution >= 4 is 23.3 Å². The van der Waals surface area contributed by atoms with Crippen molar-refractivity contribution in [3.05, 3.63) is 82.3 Å². The molecule has 3 aromatic rings. The fourth-order valence-corrected chi connectivity index (χ4v) is 4.96. The molecule has 8 heteroatoms. The monoisotopic (exact) mass is 474 g/mol. The fraction of sp³-hybridized carbons (Fsp3) is 0.296. The number of hydrogen-bond acceptors (Lipinski definition) is 5. The average Bonchev–Trinajstić information content (AvgIpc) is 2.87. The summed E-state index contributed by atoms with van der Waals surface area (Å²) in [5.74, 6) is 0.391. The predicted octanol–water partition coefficient (Wildman–Crippen LogP) is 4.79. The van der Waals surface area contributed by atoms with Crippen LogP contribution in [0.2, 0.25) is 0 Å². The summed E-state index contributed by atoms with van der Waals surface area (Å²) in [6.07, 6.45) is 3.13. The van der Waals surface area contributed by atoms with Gasteiger partial charge < -0.3 is 20.2 Å². The van der Waals surface area contributed by atoms with Gasteiger partial charge >= 0.3 is 6.03 Å². The number of fused-ring (bicyclic) bond motifs is 1. The Kier molecular flexibility index (Phi) is 5.88. The molecule has 1 aromatic heterocycles. The number of aromatic nitrogens is 1. The van der Waals surface area contributed by atoms with Gasteiger partial charge in [0.2, 0.25) is 0 Å². The van der Waals surface area contributed by atoms with E-state index in [9.17, 15) is 19.1 Å². The second kappa shape index (κ2) is 9.02. The summed E-state index contributed by atoms with van der Waals surface area (Å²) in [6.45, 7) is 5.31. The molecule has 3 heterocycles. The van der Waals surface area contributed by atoms with E-state index in [1.54, 1.807) is 55.3 Å². The molecule has 2 aliphatic rings. The first-order valence-electron chi connectivity index (χ1n) is 11.7. The zero-order valence-electron chi connectivity index (χ0n) is 19.7. The summed E-state index contributed by atoms with van der Waals surface area (Å²) in [7, 11) is 0. The molecule has 180 valence electrons. The van der Waals surface area contributed by atoms with Crippen LogP contribution in [0.25, 0.3) is 0 Å². The summed E-state index contributed by atoms with van der Waals surface area (Å²) in [5, 5.41) is 12.7. The number of amides is 2. The van der Waals surface area contributed by atoms with Gasteiger partial charge in [-0.15, -0.1) is 0 Å². The molecule has 2 N–H and O–H groups in total. The second-order valence-corrected chi connectivity index (χ2v) is 9.24. The summed E-state index contributed by atoms with van der Waals surface area (Å²) < 4.78 is 14.0. The van der Waals surface area contributed by atoms with Gasteiger partial charge in [0, 0.05) is 43.0 Å². The fourth-order valence-electron chi connectivity index (χ4n) is 4.96. The van der Waals surface area contributed by atoms with Crippen LogP contribution in [-0.4, -0.2) is 45.9 Å². The highest BCUT2D eigenvalue weighted by atomic mass is 19.1. The van der Waals surface area contributed by atoms with Crippen molar-refractivity contribution in [2.24, 2.45) is 0 Å². The summed E-state index contributed by atoms with van der Waals surface area (Å²) in [6, 6.07) is 11.5. The largest absolute Gasteiger partial charge is 0.507 e. The molecule has 1 saturated heterocycles. The van der Waals surface area contributed by atoms with Crippen LogP contribution in [-0.2, 0) is 6.54 Å². The van der Waals surface area contributed by atoms with Crippen LogP contribution in [0.15, 0.2) is 48.7 Å². The normalized spacial score (nSPS) is 16.1. The molecular formula is C27H27FN4O3. The number of hydrogen-bond donors (Lipinski definition) is 2. The van der Waals surface area contributed by atoms with Crippen LogP contribution in [0.1, 0.15) is 45.5 Å². The Hall–Kier alpha value is -3.94. The van der Waals surface area contributed by atoms with Crippen LogP contribution in [0.3, 0.4) is 0 Å². The topological polar surface area (TPSA) is 85.8 Å². The minimum absolute atomic E-state index is 0.0374. The van der Waals surface area contributed by atoms with E-state index in [0.29, 0.717) is 41.9 Å². The lowest BCUT2D eigenvalue weighted by atomic mass is 9.98. The first kappa shape index (κ1) is 22.8. The van der Waals surface area contributed by atoms with E-state index < -0.39 is 5.82 Å².